The van der Waals surface area contributed by atoms with E-state index in [1.54, 1.807) is 12.1 Å². The maximum absolute atomic E-state index is 13.5. The molecular formula is C23H24N2O3S. The molecule has 3 aromatic carbocycles. The number of nitrogens with one attached hydrogen (secondary N) is 1. The van der Waals surface area contributed by atoms with E-state index in [1.165, 1.54) is 23.4 Å². The molecule has 1 N–H and O–H groups in total. The number of rotatable bonds is 7. The summed E-state index contributed by atoms with van der Waals surface area (Å²) in [6.45, 7) is 3.56. The molecule has 3 rings (SSSR count). The van der Waals surface area contributed by atoms with Crippen molar-refractivity contribution in [2.45, 2.75) is 31.3 Å². The first kappa shape index (κ1) is 20.8. The molecule has 0 spiro atoms. The zero-order chi connectivity index (χ0) is 20.9. The fourth-order valence-corrected chi connectivity index (χ4v) is 4.75. The lowest BCUT2D eigenvalue weighted by atomic mass is 10.1. The molecule has 3 aromatic rings. The highest BCUT2D eigenvalue weighted by atomic mass is 32.2. The Labute approximate surface area is 172 Å². The van der Waals surface area contributed by atoms with Crippen molar-refractivity contribution < 1.29 is 13.2 Å². The number of anilines is 1. The normalized spacial score (nSPS) is 12.5. The van der Waals surface area contributed by atoms with Crippen molar-refractivity contribution in [3.8, 4) is 0 Å². The van der Waals surface area contributed by atoms with Crippen LogP contribution in [-0.2, 0) is 21.4 Å². The smallest absolute Gasteiger partial charge is 0.243 e. The molecule has 29 heavy (non-hydrogen) atoms. The monoisotopic (exact) mass is 408 g/mol. The van der Waals surface area contributed by atoms with Crippen LogP contribution in [0.25, 0.3) is 0 Å². The Hall–Kier alpha value is -2.96. The van der Waals surface area contributed by atoms with Crippen LogP contribution in [0.1, 0.15) is 31.0 Å². The van der Waals surface area contributed by atoms with Crippen LogP contribution in [0.2, 0.25) is 0 Å². The van der Waals surface area contributed by atoms with Crippen LogP contribution in [0.15, 0.2) is 89.8 Å². The van der Waals surface area contributed by atoms with Gasteiger partial charge in [0.25, 0.3) is 0 Å². The van der Waals surface area contributed by atoms with Crippen molar-refractivity contribution in [1.82, 2.24) is 4.31 Å². The molecule has 0 aliphatic heterocycles. The van der Waals surface area contributed by atoms with Crippen LogP contribution in [0, 0.1) is 0 Å². The van der Waals surface area contributed by atoms with Crippen LogP contribution in [0.3, 0.4) is 0 Å². The molecule has 0 saturated heterocycles. The molecule has 6 heteroatoms. The maximum atomic E-state index is 13.5. The molecule has 0 heterocycles. The number of amides is 1. The number of benzene rings is 3. The van der Waals surface area contributed by atoms with E-state index in [9.17, 15) is 13.2 Å². The van der Waals surface area contributed by atoms with Crippen LogP contribution in [0.4, 0.5) is 5.69 Å². The van der Waals surface area contributed by atoms with Gasteiger partial charge in [0.1, 0.15) is 0 Å². The molecular weight excluding hydrogens is 384 g/mol. The predicted molar refractivity (Wildman–Crippen MR) is 115 cm³/mol. The van der Waals surface area contributed by atoms with E-state index in [2.05, 4.69) is 5.32 Å². The summed E-state index contributed by atoms with van der Waals surface area (Å²) >= 11 is 0. The molecule has 0 aromatic heterocycles. The van der Waals surface area contributed by atoms with E-state index in [1.807, 2.05) is 67.6 Å². The minimum Gasteiger partial charge on any atom is -0.326 e. The molecule has 0 aliphatic carbocycles. The van der Waals surface area contributed by atoms with E-state index in [4.69, 9.17) is 0 Å². The van der Waals surface area contributed by atoms with E-state index in [0.717, 1.165) is 11.1 Å². The molecule has 0 aliphatic rings. The van der Waals surface area contributed by atoms with Crippen LogP contribution < -0.4 is 5.32 Å². The summed E-state index contributed by atoms with van der Waals surface area (Å²) < 4.78 is 28.6. The summed E-state index contributed by atoms with van der Waals surface area (Å²) in [4.78, 5) is 11.4. The first-order chi connectivity index (χ1) is 13.9. The van der Waals surface area contributed by atoms with Crippen LogP contribution in [-0.4, -0.2) is 18.6 Å². The van der Waals surface area contributed by atoms with Gasteiger partial charge in [0.15, 0.2) is 0 Å². The molecule has 0 bridgehead atoms. The third-order valence-electron chi connectivity index (χ3n) is 4.68. The second-order valence-electron chi connectivity index (χ2n) is 6.83. The number of nitrogens with zero attached hydrogens (tertiary/aromatic N) is 1. The summed E-state index contributed by atoms with van der Waals surface area (Å²) in [6, 6.07) is 25.0. The first-order valence-electron chi connectivity index (χ1n) is 9.36. The second-order valence-corrected chi connectivity index (χ2v) is 8.72. The molecule has 150 valence electrons. The molecule has 0 radical (unpaired) electrons. The summed E-state index contributed by atoms with van der Waals surface area (Å²) in [6.07, 6.45) is 0. The van der Waals surface area contributed by atoms with Crippen molar-refractivity contribution in [2.24, 2.45) is 0 Å². The van der Waals surface area contributed by atoms with Crippen molar-refractivity contribution in [3.63, 3.8) is 0 Å². The van der Waals surface area contributed by atoms with Gasteiger partial charge in [-0.3, -0.25) is 4.79 Å². The molecule has 1 amide bonds. The molecule has 0 unspecified atom stereocenters. The molecule has 5 nitrogen and oxygen atoms in total. The molecule has 0 fully saturated rings. The number of sulfonamides is 1. The van der Waals surface area contributed by atoms with Gasteiger partial charge in [-0.1, -0.05) is 60.7 Å². The molecule has 1 atom stereocenters. The Morgan fingerprint density at radius 3 is 2.00 bits per heavy atom. The Balaban J connectivity index is 1.98. The third-order valence-corrected chi connectivity index (χ3v) is 6.61. The lowest BCUT2D eigenvalue weighted by Gasteiger charge is -2.29. The van der Waals surface area contributed by atoms with Gasteiger partial charge < -0.3 is 5.32 Å². The van der Waals surface area contributed by atoms with Gasteiger partial charge >= 0.3 is 0 Å². The average molecular weight is 409 g/mol. The first-order valence-corrected chi connectivity index (χ1v) is 10.8. The highest BCUT2D eigenvalue weighted by Gasteiger charge is 2.30. The standard InChI is InChI=1S/C23H24N2O3S/c1-18(21-11-7-4-8-12-21)25(17-20-9-5-3-6-10-20)29(27,28)23-15-13-22(14-16-23)24-19(2)26/h3-16,18H,17H2,1-2H3,(H,24,26)/t18-/m1/s1. The number of carbonyl (C=O) groups excluding carboxylic acids is 1. The van der Waals surface area contributed by atoms with E-state index < -0.39 is 10.0 Å². The summed E-state index contributed by atoms with van der Waals surface area (Å²) in [5, 5.41) is 2.65. The van der Waals surface area contributed by atoms with Gasteiger partial charge in [0.2, 0.25) is 15.9 Å². The number of hydrogen-bond acceptors (Lipinski definition) is 3. The lowest BCUT2D eigenvalue weighted by Crippen LogP contribution is -2.33. The zero-order valence-electron chi connectivity index (χ0n) is 16.4. The summed E-state index contributed by atoms with van der Waals surface area (Å²) in [5.74, 6) is -0.205. The van der Waals surface area contributed by atoms with Gasteiger partial charge in [-0.15, -0.1) is 0 Å². The van der Waals surface area contributed by atoms with Crippen molar-refractivity contribution in [3.05, 3.63) is 96.1 Å². The quantitative estimate of drug-likeness (QED) is 0.621. The average Bonchev–Trinajstić information content (AvgIpc) is 2.73. The minimum absolute atomic E-state index is 0.185. The Bertz CT molecular complexity index is 1050. The highest BCUT2D eigenvalue weighted by molar-refractivity contribution is 7.89. The van der Waals surface area contributed by atoms with Gasteiger partial charge in [0.05, 0.1) is 4.90 Å². The van der Waals surface area contributed by atoms with Crippen LogP contribution >= 0.6 is 0 Å². The Morgan fingerprint density at radius 1 is 0.897 bits per heavy atom. The number of carbonyl (C=O) groups is 1. The van der Waals surface area contributed by atoms with Crippen molar-refractivity contribution in [2.75, 3.05) is 5.32 Å². The van der Waals surface area contributed by atoms with Crippen LogP contribution in [0.5, 0.6) is 0 Å². The fourth-order valence-electron chi connectivity index (χ4n) is 3.14. The largest absolute Gasteiger partial charge is 0.326 e. The van der Waals surface area contributed by atoms with E-state index in [0.29, 0.717) is 5.69 Å². The van der Waals surface area contributed by atoms with E-state index in [-0.39, 0.29) is 23.4 Å². The SMILES string of the molecule is CC(=O)Nc1ccc(S(=O)(=O)N(Cc2ccccc2)[C@H](C)c2ccccc2)cc1. The lowest BCUT2D eigenvalue weighted by molar-refractivity contribution is -0.114. The minimum atomic E-state index is -3.77. The van der Waals surface area contributed by atoms with Gasteiger partial charge in [-0.05, 0) is 42.3 Å². The summed E-state index contributed by atoms with van der Waals surface area (Å²) in [7, 11) is -3.77. The van der Waals surface area contributed by atoms with Gasteiger partial charge in [0, 0.05) is 25.2 Å². The van der Waals surface area contributed by atoms with Gasteiger partial charge in [-0.2, -0.15) is 4.31 Å². The predicted octanol–water partition coefficient (Wildman–Crippen LogP) is 4.60. The van der Waals surface area contributed by atoms with E-state index >= 15 is 0 Å². The number of hydrogen-bond donors (Lipinski definition) is 1. The fraction of sp³-hybridized carbons (Fsp3) is 0.174. The topological polar surface area (TPSA) is 66.5 Å². The molecule has 0 saturated carbocycles. The van der Waals surface area contributed by atoms with Crippen molar-refractivity contribution >= 4 is 21.6 Å². The van der Waals surface area contributed by atoms with Crippen molar-refractivity contribution in [1.29, 1.82) is 0 Å². The Morgan fingerprint density at radius 2 is 1.45 bits per heavy atom. The van der Waals surface area contributed by atoms with Gasteiger partial charge in [-0.25, -0.2) is 8.42 Å². The Kier molecular flexibility index (Phi) is 6.46. The zero-order valence-corrected chi connectivity index (χ0v) is 17.3. The second kappa shape index (κ2) is 9.03. The summed E-state index contributed by atoms with van der Waals surface area (Å²) in [5.41, 5.74) is 2.39. The maximum Gasteiger partial charge on any atom is 0.243 e. The third kappa shape index (κ3) is 5.10. The highest BCUT2D eigenvalue weighted by Crippen LogP contribution is 2.30.